The van der Waals surface area contributed by atoms with Gasteiger partial charge in [-0.2, -0.15) is 0 Å². The number of hydrogen-bond donors (Lipinski definition) is 1. The molecule has 112 valence electrons. The first-order valence-corrected chi connectivity index (χ1v) is 8.31. The van der Waals surface area contributed by atoms with E-state index in [1.807, 2.05) is 6.07 Å². The molecule has 4 heteroatoms. The number of halogens is 2. The number of piperidine rings is 1. The Balaban J connectivity index is 1.70. The van der Waals surface area contributed by atoms with Crippen molar-refractivity contribution in [2.24, 2.45) is 5.92 Å². The average Bonchev–Trinajstić information content (AvgIpc) is 2.44. The minimum Gasteiger partial charge on any atom is -0.312 e. The van der Waals surface area contributed by atoms with E-state index < -0.39 is 0 Å². The van der Waals surface area contributed by atoms with Gasteiger partial charge in [-0.3, -0.25) is 0 Å². The zero-order chi connectivity index (χ0) is 14.4. The first kappa shape index (κ1) is 15.9. The third-order valence-corrected chi connectivity index (χ3v) is 4.33. The smallest absolute Gasteiger partial charge is 0.127 e. The zero-order valence-corrected chi connectivity index (χ0v) is 13.8. The topological polar surface area (TPSA) is 15.3 Å². The Morgan fingerprint density at radius 3 is 2.80 bits per heavy atom. The molecule has 1 fully saturated rings. The van der Waals surface area contributed by atoms with Crippen LogP contribution < -0.4 is 5.32 Å². The SMILES string of the molecule is CC(CNCc1cc(Br)ccc1F)CN1CCCCC1. The van der Waals surface area contributed by atoms with E-state index in [4.69, 9.17) is 0 Å². The molecule has 1 unspecified atom stereocenters. The van der Waals surface area contributed by atoms with Crippen LogP contribution in [0.5, 0.6) is 0 Å². The summed E-state index contributed by atoms with van der Waals surface area (Å²) < 4.78 is 14.5. The van der Waals surface area contributed by atoms with Crippen LogP contribution in [0.4, 0.5) is 4.39 Å². The molecule has 1 aromatic rings. The highest BCUT2D eigenvalue weighted by atomic mass is 79.9. The van der Waals surface area contributed by atoms with Gasteiger partial charge in [0.1, 0.15) is 5.82 Å². The maximum atomic E-state index is 13.6. The number of rotatable bonds is 6. The number of nitrogens with zero attached hydrogens (tertiary/aromatic N) is 1. The fraction of sp³-hybridized carbons (Fsp3) is 0.625. The number of benzene rings is 1. The molecule has 0 aromatic heterocycles. The third kappa shape index (κ3) is 5.15. The second-order valence-corrected chi connectivity index (χ2v) is 6.75. The zero-order valence-electron chi connectivity index (χ0n) is 12.2. The summed E-state index contributed by atoms with van der Waals surface area (Å²) in [7, 11) is 0. The lowest BCUT2D eigenvalue weighted by Crippen LogP contribution is -2.36. The Morgan fingerprint density at radius 1 is 1.30 bits per heavy atom. The van der Waals surface area contributed by atoms with Gasteiger partial charge in [-0.1, -0.05) is 29.3 Å². The Kier molecular flexibility index (Phi) is 6.46. The molecule has 0 radical (unpaired) electrons. The predicted octanol–water partition coefficient (Wildman–Crippen LogP) is 3.80. The minimum absolute atomic E-state index is 0.135. The van der Waals surface area contributed by atoms with Crippen LogP contribution in [0.3, 0.4) is 0 Å². The monoisotopic (exact) mass is 342 g/mol. The number of nitrogens with one attached hydrogen (secondary N) is 1. The average molecular weight is 343 g/mol. The van der Waals surface area contributed by atoms with E-state index in [-0.39, 0.29) is 5.82 Å². The van der Waals surface area contributed by atoms with Crippen LogP contribution in [0.1, 0.15) is 31.7 Å². The standard InChI is InChI=1S/C16H24BrFN2/c1-13(12-20-7-3-2-4-8-20)10-19-11-14-9-15(17)5-6-16(14)18/h5-6,9,13,19H,2-4,7-8,10-12H2,1H3. The van der Waals surface area contributed by atoms with Crippen LogP contribution in [0.2, 0.25) is 0 Å². The highest BCUT2D eigenvalue weighted by Crippen LogP contribution is 2.15. The van der Waals surface area contributed by atoms with E-state index in [1.54, 1.807) is 6.07 Å². The molecular formula is C16H24BrFN2. The highest BCUT2D eigenvalue weighted by Gasteiger charge is 2.13. The molecule has 1 aliphatic heterocycles. The molecule has 0 aliphatic carbocycles. The summed E-state index contributed by atoms with van der Waals surface area (Å²) in [6.07, 6.45) is 4.05. The maximum Gasteiger partial charge on any atom is 0.127 e. The molecule has 0 spiro atoms. The molecule has 20 heavy (non-hydrogen) atoms. The van der Waals surface area contributed by atoms with Crippen LogP contribution in [-0.2, 0) is 6.54 Å². The van der Waals surface area contributed by atoms with Crippen molar-refractivity contribution in [2.45, 2.75) is 32.7 Å². The van der Waals surface area contributed by atoms with Gasteiger partial charge in [-0.15, -0.1) is 0 Å². The van der Waals surface area contributed by atoms with Crippen LogP contribution >= 0.6 is 15.9 Å². The van der Waals surface area contributed by atoms with Crippen molar-refractivity contribution in [1.82, 2.24) is 10.2 Å². The molecule has 0 bridgehead atoms. The fourth-order valence-electron chi connectivity index (χ4n) is 2.78. The van der Waals surface area contributed by atoms with Crippen molar-refractivity contribution < 1.29 is 4.39 Å². The summed E-state index contributed by atoms with van der Waals surface area (Å²) in [5.41, 5.74) is 0.726. The summed E-state index contributed by atoms with van der Waals surface area (Å²) >= 11 is 3.38. The van der Waals surface area contributed by atoms with Crippen LogP contribution in [-0.4, -0.2) is 31.1 Å². The fourth-order valence-corrected chi connectivity index (χ4v) is 3.19. The molecule has 2 nitrogen and oxygen atoms in total. The Morgan fingerprint density at radius 2 is 2.05 bits per heavy atom. The third-order valence-electron chi connectivity index (χ3n) is 3.83. The quantitative estimate of drug-likeness (QED) is 0.845. The van der Waals surface area contributed by atoms with Crippen molar-refractivity contribution in [3.05, 3.63) is 34.1 Å². The van der Waals surface area contributed by atoms with E-state index in [9.17, 15) is 4.39 Å². The largest absolute Gasteiger partial charge is 0.312 e. The second kappa shape index (κ2) is 8.11. The summed E-state index contributed by atoms with van der Waals surface area (Å²) in [6.45, 7) is 7.42. The molecule has 1 N–H and O–H groups in total. The summed E-state index contributed by atoms with van der Waals surface area (Å²) in [4.78, 5) is 2.55. The van der Waals surface area contributed by atoms with E-state index in [0.29, 0.717) is 12.5 Å². The number of likely N-dealkylation sites (tertiary alicyclic amines) is 1. The van der Waals surface area contributed by atoms with Crippen LogP contribution in [0, 0.1) is 11.7 Å². The van der Waals surface area contributed by atoms with Gasteiger partial charge < -0.3 is 10.2 Å². The van der Waals surface area contributed by atoms with E-state index in [0.717, 1.165) is 23.1 Å². The van der Waals surface area contributed by atoms with Crippen molar-refractivity contribution in [2.75, 3.05) is 26.2 Å². The van der Waals surface area contributed by atoms with E-state index >= 15 is 0 Å². The molecule has 1 saturated heterocycles. The van der Waals surface area contributed by atoms with Gasteiger partial charge in [0.15, 0.2) is 0 Å². The normalized spacial score (nSPS) is 18.1. The number of hydrogen-bond acceptors (Lipinski definition) is 2. The maximum absolute atomic E-state index is 13.6. The van der Waals surface area contributed by atoms with Crippen molar-refractivity contribution in [1.29, 1.82) is 0 Å². The van der Waals surface area contributed by atoms with E-state index in [2.05, 4.69) is 33.1 Å². The van der Waals surface area contributed by atoms with E-state index in [1.165, 1.54) is 38.4 Å². The van der Waals surface area contributed by atoms with Crippen LogP contribution in [0.15, 0.2) is 22.7 Å². The van der Waals surface area contributed by atoms with Crippen molar-refractivity contribution in [3.8, 4) is 0 Å². The molecule has 1 aromatic carbocycles. The molecule has 1 atom stereocenters. The molecule has 2 rings (SSSR count). The highest BCUT2D eigenvalue weighted by molar-refractivity contribution is 9.10. The molecule has 1 heterocycles. The van der Waals surface area contributed by atoms with Crippen LogP contribution in [0.25, 0.3) is 0 Å². The minimum atomic E-state index is -0.135. The van der Waals surface area contributed by atoms with Gasteiger partial charge >= 0.3 is 0 Å². The summed E-state index contributed by atoms with van der Waals surface area (Å²) in [5, 5.41) is 3.37. The van der Waals surface area contributed by atoms with Gasteiger partial charge in [0, 0.05) is 23.1 Å². The summed E-state index contributed by atoms with van der Waals surface area (Å²) in [6, 6.07) is 5.09. The Bertz CT molecular complexity index is 419. The lowest BCUT2D eigenvalue weighted by molar-refractivity contribution is 0.199. The van der Waals surface area contributed by atoms with Gasteiger partial charge in [-0.05, 0) is 56.6 Å². The molecule has 0 amide bonds. The second-order valence-electron chi connectivity index (χ2n) is 5.83. The molecule has 1 aliphatic rings. The Hall–Kier alpha value is -0.450. The van der Waals surface area contributed by atoms with Gasteiger partial charge in [0.25, 0.3) is 0 Å². The Labute approximate surface area is 129 Å². The van der Waals surface area contributed by atoms with Crippen molar-refractivity contribution in [3.63, 3.8) is 0 Å². The van der Waals surface area contributed by atoms with Gasteiger partial charge in [0.05, 0.1) is 0 Å². The first-order valence-electron chi connectivity index (χ1n) is 7.52. The lowest BCUT2D eigenvalue weighted by Gasteiger charge is -2.29. The molecule has 0 saturated carbocycles. The lowest BCUT2D eigenvalue weighted by atomic mass is 10.1. The predicted molar refractivity (Wildman–Crippen MR) is 85.3 cm³/mol. The summed E-state index contributed by atoms with van der Waals surface area (Å²) in [5.74, 6) is 0.465. The first-order chi connectivity index (χ1) is 9.65. The van der Waals surface area contributed by atoms with Crippen molar-refractivity contribution >= 4 is 15.9 Å². The van der Waals surface area contributed by atoms with Gasteiger partial charge in [-0.25, -0.2) is 4.39 Å². The van der Waals surface area contributed by atoms with Gasteiger partial charge in [0.2, 0.25) is 0 Å². The molecular weight excluding hydrogens is 319 g/mol.